The van der Waals surface area contributed by atoms with Crippen molar-refractivity contribution in [1.82, 2.24) is 5.32 Å². The maximum atomic E-state index is 13.0. The first-order valence-corrected chi connectivity index (χ1v) is 10.4. The van der Waals surface area contributed by atoms with Gasteiger partial charge in [0.05, 0.1) is 22.8 Å². The Hall–Kier alpha value is -2.94. The van der Waals surface area contributed by atoms with E-state index in [1.54, 1.807) is 18.2 Å². The van der Waals surface area contributed by atoms with Gasteiger partial charge in [0.25, 0.3) is 5.91 Å². The van der Waals surface area contributed by atoms with Gasteiger partial charge in [0.1, 0.15) is 5.82 Å². The average Bonchev–Trinajstić information content (AvgIpc) is 3.00. The van der Waals surface area contributed by atoms with Gasteiger partial charge in [-0.3, -0.25) is 4.79 Å². The summed E-state index contributed by atoms with van der Waals surface area (Å²) in [5, 5.41) is 5.56. The molecule has 0 radical (unpaired) electrons. The van der Waals surface area contributed by atoms with Crippen LogP contribution in [0.4, 0.5) is 15.8 Å². The van der Waals surface area contributed by atoms with Gasteiger partial charge in [-0.2, -0.15) is 0 Å². The zero-order chi connectivity index (χ0) is 20.1. The summed E-state index contributed by atoms with van der Waals surface area (Å²) >= 11 is 0. The molecule has 0 saturated carbocycles. The van der Waals surface area contributed by atoms with Gasteiger partial charge in [-0.05, 0) is 42.8 Å². The number of carbonyl (C=O) groups excluding carboxylic acids is 2. The van der Waals surface area contributed by atoms with Crippen molar-refractivity contribution in [2.24, 2.45) is 0 Å². The molecule has 1 atom stereocenters. The van der Waals surface area contributed by atoms with Crippen LogP contribution in [0.3, 0.4) is 0 Å². The number of rotatable bonds is 6. The maximum absolute atomic E-state index is 13.0. The van der Waals surface area contributed by atoms with Crippen molar-refractivity contribution in [3.8, 4) is 0 Å². The number of hydrogen-bond donors (Lipinski definition) is 2. The SMILES string of the molecule is O=C(COC(=O)c1ccccc1Nc1ccc(F)cc1)N[C@@H]1CCS(=O)(=O)C1. The fourth-order valence-corrected chi connectivity index (χ4v) is 4.52. The van der Waals surface area contributed by atoms with Crippen LogP contribution in [0.25, 0.3) is 0 Å². The maximum Gasteiger partial charge on any atom is 0.340 e. The lowest BCUT2D eigenvalue weighted by molar-refractivity contribution is -0.124. The highest BCUT2D eigenvalue weighted by atomic mass is 32.2. The van der Waals surface area contributed by atoms with Crippen LogP contribution in [0, 0.1) is 5.82 Å². The monoisotopic (exact) mass is 406 g/mol. The van der Waals surface area contributed by atoms with E-state index >= 15 is 0 Å². The summed E-state index contributed by atoms with van der Waals surface area (Å²) in [6, 6.07) is 11.7. The zero-order valence-electron chi connectivity index (χ0n) is 14.9. The highest BCUT2D eigenvalue weighted by Gasteiger charge is 2.29. The summed E-state index contributed by atoms with van der Waals surface area (Å²) < 4.78 is 40.9. The van der Waals surface area contributed by atoms with Crippen molar-refractivity contribution in [1.29, 1.82) is 0 Å². The Balaban J connectivity index is 1.58. The molecular weight excluding hydrogens is 387 g/mol. The van der Waals surface area contributed by atoms with E-state index in [2.05, 4.69) is 10.6 Å². The summed E-state index contributed by atoms with van der Waals surface area (Å²) in [4.78, 5) is 24.3. The Kier molecular flexibility index (Phi) is 5.93. The Bertz CT molecular complexity index is 976. The number of sulfone groups is 1. The summed E-state index contributed by atoms with van der Waals surface area (Å²) in [6.45, 7) is -0.514. The minimum absolute atomic E-state index is 0.0418. The molecule has 7 nitrogen and oxygen atoms in total. The molecule has 0 unspecified atom stereocenters. The molecule has 2 N–H and O–H groups in total. The third kappa shape index (κ3) is 5.29. The van der Waals surface area contributed by atoms with E-state index in [0.717, 1.165) is 0 Å². The molecule has 28 heavy (non-hydrogen) atoms. The number of esters is 1. The van der Waals surface area contributed by atoms with E-state index in [-0.39, 0.29) is 22.9 Å². The smallest absolute Gasteiger partial charge is 0.340 e. The largest absolute Gasteiger partial charge is 0.452 e. The van der Waals surface area contributed by atoms with Gasteiger partial charge in [0, 0.05) is 11.7 Å². The number of para-hydroxylation sites is 1. The van der Waals surface area contributed by atoms with Crippen molar-refractivity contribution in [2.45, 2.75) is 12.5 Å². The molecule has 1 saturated heterocycles. The summed E-state index contributed by atoms with van der Waals surface area (Å²) in [7, 11) is -3.11. The van der Waals surface area contributed by atoms with E-state index < -0.39 is 34.4 Å². The lowest BCUT2D eigenvalue weighted by Gasteiger charge is -2.13. The fourth-order valence-electron chi connectivity index (χ4n) is 2.85. The van der Waals surface area contributed by atoms with Gasteiger partial charge in [0.15, 0.2) is 16.4 Å². The molecule has 1 fully saturated rings. The number of hydrogen-bond acceptors (Lipinski definition) is 6. The summed E-state index contributed by atoms with van der Waals surface area (Å²) in [5.41, 5.74) is 1.24. The van der Waals surface area contributed by atoms with E-state index in [4.69, 9.17) is 4.74 Å². The molecule has 0 aromatic heterocycles. The van der Waals surface area contributed by atoms with Gasteiger partial charge >= 0.3 is 5.97 Å². The minimum atomic E-state index is -3.11. The van der Waals surface area contributed by atoms with Crippen LogP contribution in [-0.4, -0.2) is 44.4 Å². The number of benzene rings is 2. The molecule has 2 aromatic carbocycles. The Labute approximate surface area is 161 Å². The van der Waals surface area contributed by atoms with Crippen LogP contribution in [-0.2, 0) is 19.4 Å². The van der Waals surface area contributed by atoms with E-state index in [9.17, 15) is 22.4 Å². The first-order valence-electron chi connectivity index (χ1n) is 8.61. The molecule has 2 aromatic rings. The number of carbonyl (C=O) groups is 2. The van der Waals surface area contributed by atoms with E-state index in [1.165, 1.54) is 30.3 Å². The lowest BCUT2D eigenvalue weighted by atomic mass is 10.1. The number of halogens is 1. The van der Waals surface area contributed by atoms with Crippen LogP contribution >= 0.6 is 0 Å². The number of amides is 1. The molecule has 9 heteroatoms. The molecule has 0 bridgehead atoms. The van der Waals surface area contributed by atoms with Crippen LogP contribution in [0.1, 0.15) is 16.8 Å². The van der Waals surface area contributed by atoms with Crippen LogP contribution in [0.5, 0.6) is 0 Å². The zero-order valence-corrected chi connectivity index (χ0v) is 15.7. The molecule has 1 amide bonds. The second-order valence-electron chi connectivity index (χ2n) is 6.42. The molecule has 3 rings (SSSR count). The third-order valence-electron chi connectivity index (χ3n) is 4.20. The van der Waals surface area contributed by atoms with Crippen molar-refractivity contribution >= 4 is 33.1 Å². The van der Waals surface area contributed by atoms with Gasteiger partial charge in [-0.25, -0.2) is 17.6 Å². The van der Waals surface area contributed by atoms with Gasteiger partial charge < -0.3 is 15.4 Å². The molecule has 148 valence electrons. The molecule has 1 aliphatic rings. The molecular formula is C19H19FN2O5S. The molecule has 1 heterocycles. The topological polar surface area (TPSA) is 102 Å². The van der Waals surface area contributed by atoms with Crippen molar-refractivity contribution in [2.75, 3.05) is 23.4 Å². The Morgan fingerprint density at radius 2 is 1.82 bits per heavy atom. The fraction of sp³-hybridized carbons (Fsp3) is 0.263. The Morgan fingerprint density at radius 3 is 2.50 bits per heavy atom. The number of ether oxygens (including phenoxy) is 1. The second-order valence-corrected chi connectivity index (χ2v) is 8.65. The first kappa shape index (κ1) is 19.8. The van der Waals surface area contributed by atoms with Gasteiger partial charge in [0.2, 0.25) is 0 Å². The normalized spacial score (nSPS) is 17.7. The molecule has 0 spiro atoms. The molecule has 1 aliphatic heterocycles. The standard InChI is InChI=1S/C19H19FN2O5S/c20-13-5-7-14(8-6-13)21-17-4-2-1-3-16(17)19(24)27-11-18(23)22-15-9-10-28(25,26)12-15/h1-8,15,21H,9-12H2,(H,22,23)/t15-/m1/s1. The quantitative estimate of drug-likeness (QED) is 0.712. The van der Waals surface area contributed by atoms with Crippen LogP contribution < -0.4 is 10.6 Å². The van der Waals surface area contributed by atoms with E-state index in [0.29, 0.717) is 17.8 Å². The van der Waals surface area contributed by atoms with Crippen LogP contribution in [0.15, 0.2) is 48.5 Å². The lowest BCUT2D eigenvalue weighted by Crippen LogP contribution is -2.38. The average molecular weight is 406 g/mol. The second kappa shape index (κ2) is 8.39. The van der Waals surface area contributed by atoms with Crippen molar-refractivity contribution in [3.63, 3.8) is 0 Å². The highest BCUT2D eigenvalue weighted by Crippen LogP contribution is 2.22. The van der Waals surface area contributed by atoms with Crippen LogP contribution in [0.2, 0.25) is 0 Å². The summed E-state index contributed by atoms with van der Waals surface area (Å²) in [6.07, 6.45) is 0.354. The first-order chi connectivity index (χ1) is 13.3. The molecule has 0 aliphatic carbocycles. The van der Waals surface area contributed by atoms with E-state index in [1.807, 2.05) is 0 Å². The predicted molar refractivity (Wildman–Crippen MR) is 102 cm³/mol. The summed E-state index contributed by atoms with van der Waals surface area (Å²) in [5.74, 6) is -1.70. The van der Waals surface area contributed by atoms with Crippen molar-refractivity contribution in [3.05, 3.63) is 59.9 Å². The Morgan fingerprint density at radius 1 is 1.11 bits per heavy atom. The van der Waals surface area contributed by atoms with Gasteiger partial charge in [-0.15, -0.1) is 0 Å². The third-order valence-corrected chi connectivity index (χ3v) is 5.97. The number of nitrogens with one attached hydrogen (secondary N) is 2. The number of anilines is 2. The predicted octanol–water partition coefficient (Wildman–Crippen LogP) is 2.03. The minimum Gasteiger partial charge on any atom is -0.452 e. The highest BCUT2D eigenvalue weighted by molar-refractivity contribution is 7.91. The van der Waals surface area contributed by atoms with Crippen molar-refractivity contribution < 1.29 is 27.1 Å². The van der Waals surface area contributed by atoms with Gasteiger partial charge in [-0.1, -0.05) is 12.1 Å².